The van der Waals surface area contributed by atoms with Gasteiger partial charge in [0.15, 0.2) is 6.67 Å². The lowest BCUT2D eigenvalue weighted by atomic mass is 10.0. The number of halogens is 1. The summed E-state index contributed by atoms with van der Waals surface area (Å²) in [6, 6.07) is 11.4. The highest BCUT2D eigenvalue weighted by atomic mass is 35.5. The molecule has 1 aliphatic rings. The number of quaternary nitrogens is 1. The van der Waals surface area contributed by atoms with Gasteiger partial charge >= 0.3 is 0 Å². The Balaban J connectivity index is 0.00000208. The summed E-state index contributed by atoms with van der Waals surface area (Å²) in [4.78, 5) is 14.3. The van der Waals surface area contributed by atoms with Gasteiger partial charge in [-0.05, 0) is 26.8 Å². The van der Waals surface area contributed by atoms with Gasteiger partial charge < -0.3 is 17.3 Å². The second-order valence-corrected chi connectivity index (χ2v) is 6.33. The molecule has 0 amide bonds. The Bertz CT molecular complexity index is 741. The van der Waals surface area contributed by atoms with Crippen LogP contribution in [0, 0.1) is 30.9 Å². The SMILES string of the molecule is Cc1cc(C)c([NH+]2CCN(c3cccc([N+](=O)[O-])c3)C2)c(C)c1.[Cl-]. The van der Waals surface area contributed by atoms with E-state index >= 15 is 0 Å². The fraction of sp³-hybridized carbons (Fsp3) is 0.333. The molecule has 0 bridgehead atoms. The second kappa shape index (κ2) is 7.20. The van der Waals surface area contributed by atoms with E-state index in [-0.39, 0.29) is 23.0 Å². The molecule has 3 rings (SSSR count). The number of benzene rings is 2. The van der Waals surface area contributed by atoms with Crippen molar-refractivity contribution in [3.05, 3.63) is 63.2 Å². The lowest BCUT2D eigenvalue weighted by Crippen LogP contribution is -3.06. The minimum absolute atomic E-state index is 0. The van der Waals surface area contributed by atoms with Crippen LogP contribution in [0.3, 0.4) is 0 Å². The molecule has 0 saturated carbocycles. The molecule has 2 aromatic carbocycles. The van der Waals surface area contributed by atoms with Gasteiger partial charge in [-0.15, -0.1) is 0 Å². The van der Waals surface area contributed by atoms with E-state index in [1.54, 1.807) is 18.2 Å². The molecule has 0 radical (unpaired) electrons. The van der Waals surface area contributed by atoms with Crippen molar-refractivity contribution in [2.24, 2.45) is 0 Å². The number of hydrogen-bond acceptors (Lipinski definition) is 3. The van der Waals surface area contributed by atoms with Gasteiger partial charge in [-0.1, -0.05) is 23.8 Å². The quantitative estimate of drug-likeness (QED) is 0.602. The van der Waals surface area contributed by atoms with Crippen molar-refractivity contribution in [1.29, 1.82) is 0 Å². The smallest absolute Gasteiger partial charge is 0.271 e. The normalized spacial score (nSPS) is 16.8. The van der Waals surface area contributed by atoms with Crippen LogP contribution in [0.5, 0.6) is 0 Å². The van der Waals surface area contributed by atoms with Gasteiger partial charge in [0.1, 0.15) is 12.2 Å². The van der Waals surface area contributed by atoms with Crippen molar-refractivity contribution < 1.29 is 22.2 Å². The van der Waals surface area contributed by atoms with Gasteiger partial charge in [-0.3, -0.25) is 15.0 Å². The van der Waals surface area contributed by atoms with E-state index < -0.39 is 0 Å². The van der Waals surface area contributed by atoms with E-state index in [0.717, 1.165) is 25.4 Å². The number of nitrogens with one attached hydrogen (secondary N) is 1. The van der Waals surface area contributed by atoms with Crippen LogP contribution in [0.1, 0.15) is 16.7 Å². The summed E-state index contributed by atoms with van der Waals surface area (Å²) in [5, 5.41) is 11.0. The van der Waals surface area contributed by atoms with Gasteiger partial charge in [-0.2, -0.15) is 0 Å². The molecule has 0 spiro atoms. The van der Waals surface area contributed by atoms with Crippen LogP contribution in [0.15, 0.2) is 36.4 Å². The maximum Gasteiger partial charge on any atom is 0.271 e. The molecular weight excluding hydrogens is 326 g/mol. The van der Waals surface area contributed by atoms with Crippen LogP contribution in [0.25, 0.3) is 0 Å². The number of nitro benzene ring substituents is 1. The molecule has 1 atom stereocenters. The molecule has 128 valence electrons. The number of nitrogens with zero attached hydrogens (tertiary/aromatic N) is 2. The molecule has 2 aromatic rings. The Morgan fingerprint density at radius 3 is 2.42 bits per heavy atom. The number of rotatable bonds is 3. The summed E-state index contributed by atoms with van der Waals surface area (Å²) < 4.78 is 0. The highest BCUT2D eigenvalue weighted by Crippen LogP contribution is 2.23. The molecular formula is C18H22ClN3O2. The zero-order valence-electron chi connectivity index (χ0n) is 14.2. The molecule has 5 nitrogen and oxygen atoms in total. The van der Waals surface area contributed by atoms with Gasteiger partial charge in [0.25, 0.3) is 5.69 Å². The molecule has 24 heavy (non-hydrogen) atoms. The van der Waals surface area contributed by atoms with Crippen molar-refractivity contribution in [2.45, 2.75) is 20.8 Å². The Morgan fingerprint density at radius 2 is 1.79 bits per heavy atom. The third kappa shape index (κ3) is 3.52. The fourth-order valence-electron chi connectivity index (χ4n) is 3.62. The topological polar surface area (TPSA) is 50.8 Å². The van der Waals surface area contributed by atoms with E-state index in [4.69, 9.17) is 0 Å². The molecule has 6 heteroatoms. The molecule has 0 aromatic heterocycles. The zero-order valence-corrected chi connectivity index (χ0v) is 14.9. The summed E-state index contributed by atoms with van der Waals surface area (Å²) in [7, 11) is 0. The number of anilines is 1. The average molecular weight is 348 g/mol. The summed E-state index contributed by atoms with van der Waals surface area (Å²) in [6.45, 7) is 9.21. The Labute approximate surface area is 148 Å². The van der Waals surface area contributed by atoms with Crippen molar-refractivity contribution >= 4 is 17.1 Å². The Morgan fingerprint density at radius 1 is 1.12 bits per heavy atom. The van der Waals surface area contributed by atoms with Crippen molar-refractivity contribution in [1.82, 2.24) is 0 Å². The summed E-state index contributed by atoms with van der Waals surface area (Å²) >= 11 is 0. The highest BCUT2D eigenvalue weighted by molar-refractivity contribution is 5.54. The number of nitro groups is 1. The third-order valence-electron chi connectivity index (χ3n) is 4.50. The van der Waals surface area contributed by atoms with Gasteiger partial charge in [0.05, 0.1) is 11.5 Å². The number of aryl methyl sites for hydroxylation is 3. The molecule has 1 N–H and O–H groups in total. The van der Waals surface area contributed by atoms with Crippen LogP contribution in [-0.4, -0.2) is 24.7 Å². The molecule has 1 unspecified atom stereocenters. The first-order valence-electron chi connectivity index (χ1n) is 7.88. The first-order chi connectivity index (χ1) is 11.0. The first-order valence-corrected chi connectivity index (χ1v) is 7.88. The lowest BCUT2D eigenvalue weighted by molar-refractivity contribution is -0.817. The third-order valence-corrected chi connectivity index (χ3v) is 4.50. The Kier molecular flexibility index (Phi) is 5.47. The van der Waals surface area contributed by atoms with E-state index in [9.17, 15) is 10.1 Å². The van der Waals surface area contributed by atoms with Crippen LogP contribution >= 0.6 is 0 Å². The van der Waals surface area contributed by atoms with E-state index in [0.29, 0.717) is 0 Å². The van der Waals surface area contributed by atoms with Crippen LogP contribution < -0.4 is 22.2 Å². The van der Waals surface area contributed by atoms with Crippen molar-refractivity contribution in [3.63, 3.8) is 0 Å². The van der Waals surface area contributed by atoms with Crippen molar-refractivity contribution in [3.8, 4) is 0 Å². The first kappa shape index (κ1) is 18.2. The van der Waals surface area contributed by atoms with Crippen LogP contribution in [0.4, 0.5) is 17.1 Å². The number of non-ortho nitro benzene ring substituents is 1. The lowest BCUT2D eigenvalue weighted by Gasteiger charge is -2.19. The summed E-state index contributed by atoms with van der Waals surface area (Å²) in [6.07, 6.45) is 0. The average Bonchev–Trinajstić information content (AvgIpc) is 2.96. The van der Waals surface area contributed by atoms with Gasteiger partial charge in [0.2, 0.25) is 0 Å². The van der Waals surface area contributed by atoms with E-state index in [1.807, 2.05) is 6.07 Å². The Hall–Kier alpha value is -2.11. The summed E-state index contributed by atoms with van der Waals surface area (Å²) in [5.74, 6) is 0. The van der Waals surface area contributed by atoms with Crippen molar-refractivity contribution in [2.75, 3.05) is 24.7 Å². The molecule has 1 aliphatic heterocycles. The number of hydrogen-bond donors (Lipinski definition) is 1. The fourth-order valence-corrected chi connectivity index (χ4v) is 3.62. The predicted molar refractivity (Wildman–Crippen MR) is 91.5 cm³/mol. The minimum Gasteiger partial charge on any atom is -1.00 e. The van der Waals surface area contributed by atoms with E-state index in [1.165, 1.54) is 27.3 Å². The van der Waals surface area contributed by atoms with Crippen LogP contribution in [0.2, 0.25) is 0 Å². The zero-order chi connectivity index (χ0) is 16.6. The molecule has 1 saturated heterocycles. The minimum atomic E-state index is -0.335. The van der Waals surface area contributed by atoms with Gasteiger partial charge in [0, 0.05) is 28.9 Å². The van der Waals surface area contributed by atoms with Crippen LogP contribution in [-0.2, 0) is 0 Å². The predicted octanol–water partition coefficient (Wildman–Crippen LogP) is -0.482. The summed E-state index contributed by atoms with van der Waals surface area (Å²) in [5.41, 5.74) is 6.37. The standard InChI is InChI=1S/C18H21N3O2.ClH/c1-13-9-14(2)18(15(3)10-13)20-8-7-19(12-20)16-5-4-6-17(11-16)21(22)23;/h4-6,9-11H,7-8,12H2,1-3H3;1H. The van der Waals surface area contributed by atoms with E-state index in [2.05, 4.69) is 37.8 Å². The highest BCUT2D eigenvalue weighted by Gasteiger charge is 2.28. The largest absolute Gasteiger partial charge is 1.00 e. The second-order valence-electron chi connectivity index (χ2n) is 6.33. The van der Waals surface area contributed by atoms with Gasteiger partial charge in [-0.25, -0.2) is 0 Å². The monoisotopic (exact) mass is 347 g/mol. The maximum atomic E-state index is 11.0. The maximum absolute atomic E-state index is 11.0. The molecule has 0 aliphatic carbocycles. The molecule has 1 fully saturated rings. The molecule has 1 heterocycles.